The van der Waals surface area contributed by atoms with Crippen LogP contribution >= 0.6 is 15.9 Å². The van der Waals surface area contributed by atoms with Gasteiger partial charge in [-0.2, -0.15) is 0 Å². The molecule has 2 rings (SSSR count). The summed E-state index contributed by atoms with van der Waals surface area (Å²) < 4.78 is 0.651. The normalized spacial score (nSPS) is 18.8. The van der Waals surface area contributed by atoms with Crippen molar-refractivity contribution in [3.05, 3.63) is 27.0 Å². The number of aromatic nitrogens is 1. The molecule has 1 aliphatic rings. The molecule has 6 nitrogen and oxygen atoms in total. The van der Waals surface area contributed by atoms with Gasteiger partial charge in [-0.3, -0.25) is 15.1 Å². The zero-order chi connectivity index (χ0) is 13.8. The zero-order valence-corrected chi connectivity index (χ0v) is 12.0. The minimum atomic E-state index is -0.394. The molecular formula is C12H16BrN3O3. The van der Waals surface area contributed by atoms with Gasteiger partial charge in [0.1, 0.15) is 11.9 Å². The Morgan fingerprint density at radius 3 is 3.05 bits per heavy atom. The number of rotatable bonds is 5. The lowest BCUT2D eigenvalue weighted by molar-refractivity contribution is -0.384. The van der Waals surface area contributed by atoms with Crippen LogP contribution < -0.4 is 4.90 Å². The molecule has 0 bridgehead atoms. The molecule has 19 heavy (non-hydrogen) atoms. The fraction of sp³-hybridized carbons (Fsp3) is 0.583. The second-order valence-corrected chi connectivity index (χ2v) is 5.46. The van der Waals surface area contributed by atoms with E-state index in [4.69, 9.17) is 5.11 Å². The molecule has 0 amide bonds. The number of aliphatic hydroxyl groups is 1. The quantitative estimate of drug-likeness (QED) is 0.663. The van der Waals surface area contributed by atoms with E-state index >= 15 is 0 Å². The van der Waals surface area contributed by atoms with E-state index in [1.54, 1.807) is 6.20 Å². The van der Waals surface area contributed by atoms with Gasteiger partial charge >= 0.3 is 5.69 Å². The van der Waals surface area contributed by atoms with Crippen LogP contribution in [-0.2, 0) is 0 Å². The fourth-order valence-corrected chi connectivity index (χ4v) is 3.14. The van der Waals surface area contributed by atoms with Crippen LogP contribution in [0, 0.1) is 10.1 Å². The van der Waals surface area contributed by atoms with Crippen LogP contribution in [0.25, 0.3) is 0 Å². The van der Waals surface area contributed by atoms with E-state index in [1.807, 2.05) is 0 Å². The monoisotopic (exact) mass is 329 g/mol. The first kappa shape index (κ1) is 14.2. The minimum absolute atomic E-state index is 0.0327. The molecule has 1 aromatic rings. The highest BCUT2D eigenvalue weighted by Crippen LogP contribution is 2.39. The summed E-state index contributed by atoms with van der Waals surface area (Å²) in [7, 11) is 0. The van der Waals surface area contributed by atoms with Crippen molar-refractivity contribution in [2.75, 3.05) is 18.1 Å². The van der Waals surface area contributed by atoms with Crippen LogP contribution in [0.3, 0.4) is 0 Å². The van der Waals surface area contributed by atoms with E-state index in [0.29, 0.717) is 10.2 Å². The van der Waals surface area contributed by atoms with Gasteiger partial charge in [-0.05, 0) is 41.6 Å². The lowest BCUT2D eigenvalue weighted by Gasteiger charge is -2.27. The van der Waals surface area contributed by atoms with Crippen molar-refractivity contribution < 1.29 is 10.0 Å². The fourth-order valence-electron chi connectivity index (χ4n) is 2.59. The highest BCUT2D eigenvalue weighted by atomic mass is 79.9. The summed E-state index contributed by atoms with van der Waals surface area (Å²) >= 11 is 3.36. The Labute approximate surface area is 119 Å². The molecule has 0 radical (unpaired) electrons. The van der Waals surface area contributed by atoms with E-state index in [1.165, 1.54) is 6.20 Å². The van der Waals surface area contributed by atoms with Gasteiger partial charge in [0.2, 0.25) is 0 Å². The number of nitrogens with zero attached hydrogens (tertiary/aromatic N) is 3. The number of hydrogen-bond acceptors (Lipinski definition) is 5. The van der Waals surface area contributed by atoms with Gasteiger partial charge in [-0.25, -0.2) is 0 Å². The lowest BCUT2D eigenvalue weighted by Crippen LogP contribution is -2.30. The Kier molecular flexibility index (Phi) is 4.71. The van der Waals surface area contributed by atoms with Crippen molar-refractivity contribution in [2.45, 2.75) is 31.7 Å². The number of anilines is 1. The highest BCUT2D eigenvalue weighted by Gasteiger charge is 2.31. The zero-order valence-electron chi connectivity index (χ0n) is 10.5. The van der Waals surface area contributed by atoms with Crippen molar-refractivity contribution in [2.24, 2.45) is 0 Å². The van der Waals surface area contributed by atoms with E-state index in [0.717, 1.165) is 32.2 Å². The molecule has 1 atom stereocenters. The van der Waals surface area contributed by atoms with Crippen molar-refractivity contribution in [3.63, 3.8) is 0 Å². The molecule has 1 fully saturated rings. The molecule has 1 saturated heterocycles. The third-order valence-corrected chi connectivity index (χ3v) is 3.99. The van der Waals surface area contributed by atoms with Crippen molar-refractivity contribution in [1.29, 1.82) is 0 Å². The predicted molar refractivity (Wildman–Crippen MR) is 75.3 cm³/mol. The van der Waals surface area contributed by atoms with Crippen LogP contribution in [0.1, 0.15) is 25.7 Å². The van der Waals surface area contributed by atoms with Crippen LogP contribution in [0.5, 0.6) is 0 Å². The summed E-state index contributed by atoms with van der Waals surface area (Å²) in [6.45, 7) is 0.962. The maximum atomic E-state index is 11.1. The van der Waals surface area contributed by atoms with Crippen molar-refractivity contribution in [3.8, 4) is 0 Å². The summed E-state index contributed by atoms with van der Waals surface area (Å²) in [5.74, 6) is 0. The smallest absolute Gasteiger partial charge is 0.311 e. The minimum Gasteiger partial charge on any atom is -0.396 e. The third kappa shape index (κ3) is 3.03. The molecular weight excluding hydrogens is 314 g/mol. The summed E-state index contributed by atoms with van der Waals surface area (Å²) in [5, 5.41) is 20.1. The molecule has 104 valence electrons. The summed E-state index contributed by atoms with van der Waals surface area (Å²) in [6, 6.07) is 0.254. The van der Waals surface area contributed by atoms with Gasteiger partial charge in [0.15, 0.2) is 0 Å². The predicted octanol–water partition coefficient (Wildman–Crippen LogP) is 2.49. The second kappa shape index (κ2) is 6.29. The largest absolute Gasteiger partial charge is 0.396 e. The second-order valence-electron chi connectivity index (χ2n) is 4.60. The molecule has 1 unspecified atom stereocenters. The van der Waals surface area contributed by atoms with Crippen molar-refractivity contribution >= 4 is 27.3 Å². The van der Waals surface area contributed by atoms with Crippen LogP contribution in [0.4, 0.5) is 11.4 Å². The maximum absolute atomic E-state index is 11.1. The molecule has 1 aliphatic heterocycles. The van der Waals surface area contributed by atoms with Gasteiger partial charge < -0.3 is 10.0 Å². The first-order chi connectivity index (χ1) is 9.15. The van der Waals surface area contributed by atoms with Crippen LogP contribution in [0.15, 0.2) is 16.9 Å². The third-order valence-electron chi connectivity index (χ3n) is 3.41. The van der Waals surface area contributed by atoms with Gasteiger partial charge in [0.25, 0.3) is 0 Å². The summed E-state index contributed by atoms with van der Waals surface area (Å²) in [4.78, 5) is 16.7. The van der Waals surface area contributed by atoms with Gasteiger partial charge in [-0.15, -0.1) is 0 Å². The first-order valence-corrected chi connectivity index (χ1v) is 7.10. The van der Waals surface area contributed by atoms with E-state index in [9.17, 15) is 10.1 Å². The van der Waals surface area contributed by atoms with Gasteiger partial charge in [0.05, 0.1) is 9.40 Å². The molecule has 1 N–H and O–H groups in total. The first-order valence-electron chi connectivity index (χ1n) is 6.30. The van der Waals surface area contributed by atoms with Crippen LogP contribution in [-0.4, -0.2) is 34.2 Å². The molecule has 7 heteroatoms. The maximum Gasteiger partial charge on any atom is 0.311 e. The molecule has 0 spiro atoms. The summed E-state index contributed by atoms with van der Waals surface area (Å²) in [6.07, 6.45) is 6.47. The molecule has 0 aromatic carbocycles. The van der Waals surface area contributed by atoms with E-state index in [-0.39, 0.29) is 18.3 Å². The molecule has 0 saturated carbocycles. The van der Waals surface area contributed by atoms with Crippen molar-refractivity contribution in [1.82, 2.24) is 4.98 Å². The number of pyridine rings is 1. The number of aliphatic hydroxyl groups excluding tert-OH is 1. The lowest BCUT2D eigenvalue weighted by atomic mass is 10.1. The Balaban J connectivity index is 2.32. The number of hydrogen-bond donors (Lipinski definition) is 1. The Morgan fingerprint density at radius 1 is 1.58 bits per heavy atom. The van der Waals surface area contributed by atoms with E-state index in [2.05, 4.69) is 25.8 Å². The average molecular weight is 330 g/mol. The van der Waals surface area contributed by atoms with E-state index < -0.39 is 4.92 Å². The topological polar surface area (TPSA) is 79.5 Å². The highest BCUT2D eigenvalue weighted by molar-refractivity contribution is 9.10. The molecule has 0 aliphatic carbocycles. The molecule has 1 aromatic heterocycles. The molecule has 2 heterocycles. The average Bonchev–Trinajstić information content (AvgIpc) is 2.83. The Hall–Kier alpha value is -1.21. The standard InChI is InChI=1S/C12H16BrN3O3/c13-10-7-14-8-11(16(18)19)12(10)15-5-1-3-9(15)4-2-6-17/h7-9,17H,1-6H2. The Morgan fingerprint density at radius 2 is 2.37 bits per heavy atom. The number of halogens is 1. The van der Waals surface area contributed by atoms with Crippen LogP contribution in [0.2, 0.25) is 0 Å². The van der Waals surface area contributed by atoms with Gasteiger partial charge in [-0.1, -0.05) is 0 Å². The SMILES string of the molecule is O=[N+]([O-])c1cncc(Br)c1N1CCCC1CCCO. The summed E-state index contributed by atoms with van der Waals surface area (Å²) in [5.41, 5.74) is 0.644. The Bertz CT molecular complexity index is 470. The van der Waals surface area contributed by atoms with Gasteiger partial charge in [0, 0.05) is 25.4 Å². The number of nitro groups is 1.